The Balaban J connectivity index is 1.54. The van der Waals surface area contributed by atoms with Crippen LogP contribution in [0.5, 0.6) is 0 Å². The van der Waals surface area contributed by atoms with Gasteiger partial charge in [0.15, 0.2) is 0 Å². The van der Waals surface area contributed by atoms with E-state index >= 15 is 0 Å². The summed E-state index contributed by atoms with van der Waals surface area (Å²) in [6.45, 7) is 4.19. The molecule has 3 heteroatoms. The van der Waals surface area contributed by atoms with E-state index in [0.29, 0.717) is 18.6 Å². The van der Waals surface area contributed by atoms with Crippen molar-refractivity contribution >= 4 is 0 Å². The molecule has 18 heavy (non-hydrogen) atoms. The van der Waals surface area contributed by atoms with Gasteiger partial charge in [-0.25, -0.2) is 0 Å². The smallest absolute Gasteiger partial charge is 0.0616 e. The second kappa shape index (κ2) is 5.48. The van der Waals surface area contributed by atoms with Crippen molar-refractivity contribution in [3.05, 3.63) is 0 Å². The molecule has 2 N–H and O–H groups in total. The molecule has 1 heterocycles. The van der Waals surface area contributed by atoms with Gasteiger partial charge in [0.25, 0.3) is 0 Å². The van der Waals surface area contributed by atoms with Crippen LogP contribution in [0.15, 0.2) is 0 Å². The molecule has 104 valence electrons. The Bertz CT molecular complexity index is 274. The molecular weight excluding hydrogens is 224 g/mol. The van der Waals surface area contributed by atoms with Crippen LogP contribution in [-0.4, -0.2) is 47.8 Å². The molecule has 3 aliphatic rings. The van der Waals surface area contributed by atoms with Crippen LogP contribution in [0.3, 0.4) is 0 Å². The predicted molar refractivity (Wildman–Crippen MR) is 73.6 cm³/mol. The lowest BCUT2D eigenvalue weighted by molar-refractivity contribution is 0.111. The van der Waals surface area contributed by atoms with Crippen LogP contribution in [0.2, 0.25) is 0 Å². The topological polar surface area (TPSA) is 35.5 Å². The van der Waals surface area contributed by atoms with Gasteiger partial charge >= 0.3 is 0 Å². The van der Waals surface area contributed by atoms with Gasteiger partial charge in [0.05, 0.1) is 6.61 Å². The van der Waals surface area contributed by atoms with Crippen LogP contribution in [0, 0.1) is 5.92 Å². The number of rotatable bonds is 6. The highest BCUT2D eigenvalue weighted by atomic mass is 16.3. The predicted octanol–water partition coefficient (Wildman–Crippen LogP) is 1.76. The lowest BCUT2D eigenvalue weighted by Gasteiger charge is -2.36. The normalized spacial score (nSPS) is 37.5. The Hall–Kier alpha value is -0.120. The van der Waals surface area contributed by atoms with Gasteiger partial charge in [0.1, 0.15) is 0 Å². The van der Waals surface area contributed by atoms with Gasteiger partial charge in [-0.15, -0.1) is 0 Å². The van der Waals surface area contributed by atoms with E-state index in [2.05, 4.69) is 10.2 Å². The molecule has 0 aromatic heterocycles. The van der Waals surface area contributed by atoms with Crippen LogP contribution < -0.4 is 5.32 Å². The average molecular weight is 252 g/mol. The number of likely N-dealkylation sites (tertiary alicyclic amines) is 1. The minimum absolute atomic E-state index is 0.0703. The zero-order valence-corrected chi connectivity index (χ0v) is 11.5. The number of aliphatic hydroxyl groups excluding tert-OH is 1. The molecule has 2 unspecified atom stereocenters. The van der Waals surface area contributed by atoms with E-state index in [1.54, 1.807) is 0 Å². The van der Waals surface area contributed by atoms with Gasteiger partial charge in [-0.3, -0.25) is 0 Å². The summed E-state index contributed by atoms with van der Waals surface area (Å²) in [6, 6.07) is 0.713. The maximum atomic E-state index is 9.88. The van der Waals surface area contributed by atoms with Crippen molar-refractivity contribution in [1.29, 1.82) is 0 Å². The lowest BCUT2D eigenvalue weighted by Crippen LogP contribution is -2.53. The average Bonchev–Trinajstić information content (AvgIpc) is 2.91. The summed E-state index contributed by atoms with van der Waals surface area (Å²) in [5.41, 5.74) is 0.0703. The third-order valence-electron chi connectivity index (χ3n) is 5.30. The molecular formula is C15H28N2O. The van der Waals surface area contributed by atoms with Gasteiger partial charge in [-0.05, 0) is 70.5 Å². The minimum atomic E-state index is 0.0703. The van der Waals surface area contributed by atoms with Crippen molar-refractivity contribution in [2.45, 2.75) is 62.9 Å². The summed E-state index contributed by atoms with van der Waals surface area (Å²) in [4.78, 5) is 2.61. The minimum Gasteiger partial charge on any atom is -0.394 e. The van der Waals surface area contributed by atoms with Gasteiger partial charge in [0.2, 0.25) is 0 Å². The largest absolute Gasteiger partial charge is 0.394 e. The molecule has 2 saturated carbocycles. The SMILES string of the molecule is OCC1(NC2CC2)CCCC1CCN1CCCC1. The zero-order chi connectivity index (χ0) is 12.4. The number of hydrogen-bond donors (Lipinski definition) is 2. The quantitative estimate of drug-likeness (QED) is 0.756. The molecule has 3 fully saturated rings. The van der Waals surface area contributed by atoms with E-state index in [1.807, 2.05) is 0 Å². The second-order valence-electron chi connectivity index (χ2n) is 6.66. The molecule has 2 aliphatic carbocycles. The Morgan fingerprint density at radius 3 is 2.56 bits per heavy atom. The van der Waals surface area contributed by atoms with E-state index in [4.69, 9.17) is 0 Å². The van der Waals surface area contributed by atoms with E-state index in [9.17, 15) is 5.11 Å². The molecule has 0 aromatic rings. The van der Waals surface area contributed by atoms with Crippen molar-refractivity contribution in [2.24, 2.45) is 5.92 Å². The van der Waals surface area contributed by atoms with Crippen LogP contribution >= 0.6 is 0 Å². The van der Waals surface area contributed by atoms with Crippen LogP contribution in [-0.2, 0) is 0 Å². The second-order valence-corrected chi connectivity index (χ2v) is 6.66. The molecule has 3 nitrogen and oxygen atoms in total. The molecule has 3 rings (SSSR count). The van der Waals surface area contributed by atoms with Crippen molar-refractivity contribution < 1.29 is 5.11 Å². The standard InChI is InChI=1S/C15H28N2O/c18-12-15(16-14-5-6-14)8-3-4-13(15)7-11-17-9-1-2-10-17/h13-14,16,18H,1-12H2. The van der Waals surface area contributed by atoms with Crippen LogP contribution in [0.4, 0.5) is 0 Å². The molecule has 2 atom stereocenters. The molecule has 0 bridgehead atoms. The maximum Gasteiger partial charge on any atom is 0.0616 e. The summed E-state index contributed by atoms with van der Waals surface area (Å²) in [6.07, 6.45) is 10.5. The molecule has 0 aromatic carbocycles. The zero-order valence-electron chi connectivity index (χ0n) is 11.5. The summed E-state index contributed by atoms with van der Waals surface area (Å²) < 4.78 is 0. The summed E-state index contributed by atoms with van der Waals surface area (Å²) in [5, 5.41) is 13.7. The van der Waals surface area contributed by atoms with Gasteiger partial charge in [-0.1, -0.05) is 6.42 Å². The van der Waals surface area contributed by atoms with Crippen molar-refractivity contribution in [1.82, 2.24) is 10.2 Å². The first-order valence-corrected chi connectivity index (χ1v) is 7.93. The highest BCUT2D eigenvalue weighted by Crippen LogP contribution is 2.40. The summed E-state index contributed by atoms with van der Waals surface area (Å²) in [5.74, 6) is 0.698. The maximum absolute atomic E-state index is 9.88. The van der Waals surface area contributed by atoms with E-state index in [1.165, 1.54) is 71.0 Å². The first-order valence-electron chi connectivity index (χ1n) is 7.93. The monoisotopic (exact) mass is 252 g/mol. The van der Waals surface area contributed by atoms with Crippen LogP contribution in [0.1, 0.15) is 51.4 Å². The Morgan fingerprint density at radius 2 is 1.89 bits per heavy atom. The number of nitrogens with one attached hydrogen (secondary N) is 1. The van der Waals surface area contributed by atoms with Gasteiger partial charge < -0.3 is 15.3 Å². The summed E-state index contributed by atoms with van der Waals surface area (Å²) >= 11 is 0. The van der Waals surface area contributed by atoms with Gasteiger partial charge in [0, 0.05) is 11.6 Å². The van der Waals surface area contributed by atoms with E-state index in [-0.39, 0.29) is 5.54 Å². The first kappa shape index (κ1) is 12.9. The van der Waals surface area contributed by atoms with Crippen molar-refractivity contribution in [3.8, 4) is 0 Å². The fraction of sp³-hybridized carbons (Fsp3) is 1.00. The van der Waals surface area contributed by atoms with E-state index in [0.717, 1.165) is 0 Å². The molecule has 0 spiro atoms. The third kappa shape index (κ3) is 2.73. The first-order chi connectivity index (χ1) is 8.82. The molecule has 0 radical (unpaired) electrons. The number of aliphatic hydroxyl groups is 1. The van der Waals surface area contributed by atoms with Gasteiger partial charge in [-0.2, -0.15) is 0 Å². The van der Waals surface area contributed by atoms with Crippen LogP contribution in [0.25, 0.3) is 0 Å². The lowest BCUT2D eigenvalue weighted by atomic mass is 9.85. The van der Waals surface area contributed by atoms with Crippen molar-refractivity contribution in [2.75, 3.05) is 26.2 Å². The fourth-order valence-electron chi connectivity index (χ4n) is 3.99. The highest BCUT2D eigenvalue weighted by Gasteiger charge is 2.44. The highest BCUT2D eigenvalue weighted by molar-refractivity contribution is 5.03. The van der Waals surface area contributed by atoms with Crippen molar-refractivity contribution in [3.63, 3.8) is 0 Å². The fourth-order valence-corrected chi connectivity index (χ4v) is 3.99. The molecule has 0 amide bonds. The Kier molecular flexibility index (Phi) is 3.92. The Morgan fingerprint density at radius 1 is 1.11 bits per heavy atom. The Labute approximate surface area is 111 Å². The molecule has 1 aliphatic heterocycles. The third-order valence-corrected chi connectivity index (χ3v) is 5.30. The van der Waals surface area contributed by atoms with E-state index < -0.39 is 0 Å². The molecule has 1 saturated heterocycles. The number of nitrogens with zero attached hydrogens (tertiary/aromatic N) is 1. The number of hydrogen-bond acceptors (Lipinski definition) is 3. The summed E-state index contributed by atoms with van der Waals surface area (Å²) in [7, 11) is 0.